The van der Waals surface area contributed by atoms with Crippen molar-refractivity contribution in [2.45, 2.75) is 39.5 Å². The van der Waals surface area contributed by atoms with Crippen molar-refractivity contribution in [2.75, 3.05) is 6.61 Å². The van der Waals surface area contributed by atoms with Gasteiger partial charge in [-0.1, -0.05) is 13.3 Å². The van der Waals surface area contributed by atoms with Crippen LogP contribution in [0.4, 0.5) is 0 Å². The summed E-state index contributed by atoms with van der Waals surface area (Å²) in [6.07, 6.45) is 4.18. The van der Waals surface area contributed by atoms with Gasteiger partial charge in [-0.25, -0.2) is 0 Å². The summed E-state index contributed by atoms with van der Waals surface area (Å²) in [5.74, 6) is 0.0220. The van der Waals surface area contributed by atoms with Crippen LogP contribution in [0.25, 0.3) is 0 Å². The van der Waals surface area contributed by atoms with Crippen LogP contribution in [0.1, 0.15) is 39.5 Å². The lowest BCUT2D eigenvalue weighted by molar-refractivity contribution is -0.161. The SMILES string of the molecule is CCOC(=O)C1(CC)CCC1. The monoisotopic (exact) mass is 156 g/mol. The molecule has 0 aromatic rings. The zero-order valence-electron chi connectivity index (χ0n) is 7.35. The van der Waals surface area contributed by atoms with Crippen LogP contribution in [-0.2, 0) is 9.53 Å². The molecular formula is C9H16O2. The Kier molecular flexibility index (Phi) is 2.53. The molecule has 0 saturated heterocycles. The number of ether oxygens (including phenoxy) is 1. The Hall–Kier alpha value is -0.530. The Bertz CT molecular complexity index is 142. The number of carbonyl (C=O) groups is 1. The third-order valence-corrected chi connectivity index (χ3v) is 2.70. The van der Waals surface area contributed by atoms with Crippen LogP contribution in [0.2, 0.25) is 0 Å². The fourth-order valence-corrected chi connectivity index (χ4v) is 1.59. The van der Waals surface area contributed by atoms with Gasteiger partial charge in [-0.05, 0) is 26.2 Å². The number of rotatable bonds is 3. The van der Waals surface area contributed by atoms with Crippen LogP contribution in [-0.4, -0.2) is 12.6 Å². The Balaban J connectivity index is 2.47. The van der Waals surface area contributed by atoms with Crippen molar-refractivity contribution in [3.05, 3.63) is 0 Å². The maximum Gasteiger partial charge on any atom is 0.312 e. The predicted octanol–water partition coefficient (Wildman–Crippen LogP) is 2.13. The molecular weight excluding hydrogens is 140 g/mol. The summed E-state index contributed by atoms with van der Waals surface area (Å²) in [6, 6.07) is 0. The molecule has 2 nitrogen and oxygen atoms in total. The molecule has 0 radical (unpaired) electrons. The van der Waals surface area contributed by atoms with Crippen molar-refractivity contribution in [3.8, 4) is 0 Å². The third-order valence-electron chi connectivity index (χ3n) is 2.70. The molecule has 1 fully saturated rings. The molecule has 1 rings (SSSR count). The molecule has 11 heavy (non-hydrogen) atoms. The number of hydrogen-bond donors (Lipinski definition) is 0. The van der Waals surface area contributed by atoms with E-state index in [2.05, 4.69) is 6.92 Å². The summed E-state index contributed by atoms with van der Waals surface area (Å²) in [7, 11) is 0. The molecule has 0 unspecified atom stereocenters. The zero-order chi connectivity index (χ0) is 8.32. The lowest BCUT2D eigenvalue weighted by Gasteiger charge is -2.38. The van der Waals surface area contributed by atoms with E-state index in [9.17, 15) is 4.79 Å². The number of esters is 1. The lowest BCUT2D eigenvalue weighted by Crippen LogP contribution is -2.38. The van der Waals surface area contributed by atoms with Crippen molar-refractivity contribution in [3.63, 3.8) is 0 Å². The molecule has 1 aliphatic rings. The standard InChI is InChI=1S/C9H16O2/c1-3-9(6-5-7-9)8(10)11-4-2/h3-7H2,1-2H3. The molecule has 0 aromatic heterocycles. The molecule has 0 spiro atoms. The predicted molar refractivity (Wildman–Crippen MR) is 43.2 cm³/mol. The second-order valence-corrected chi connectivity index (χ2v) is 3.21. The molecule has 0 bridgehead atoms. The Morgan fingerprint density at radius 3 is 2.36 bits per heavy atom. The molecule has 1 saturated carbocycles. The van der Waals surface area contributed by atoms with Gasteiger partial charge < -0.3 is 4.74 Å². The first-order valence-electron chi connectivity index (χ1n) is 4.42. The van der Waals surface area contributed by atoms with Crippen molar-refractivity contribution >= 4 is 5.97 Å². The second-order valence-electron chi connectivity index (χ2n) is 3.21. The first-order valence-corrected chi connectivity index (χ1v) is 4.42. The van der Waals surface area contributed by atoms with Crippen LogP contribution in [0, 0.1) is 5.41 Å². The molecule has 2 heteroatoms. The quantitative estimate of drug-likeness (QED) is 0.585. The van der Waals surface area contributed by atoms with E-state index >= 15 is 0 Å². The van der Waals surface area contributed by atoms with E-state index in [1.165, 1.54) is 6.42 Å². The van der Waals surface area contributed by atoms with Crippen LogP contribution in [0.15, 0.2) is 0 Å². The van der Waals surface area contributed by atoms with E-state index in [-0.39, 0.29) is 11.4 Å². The molecule has 0 amide bonds. The highest BCUT2D eigenvalue weighted by atomic mass is 16.5. The fourth-order valence-electron chi connectivity index (χ4n) is 1.59. The summed E-state index contributed by atoms with van der Waals surface area (Å²) in [6.45, 7) is 4.44. The van der Waals surface area contributed by atoms with E-state index in [4.69, 9.17) is 4.74 Å². The van der Waals surface area contributed by atoms with Gasteiger partial charge in [0, 0.05) is 0 Å². The first kappa shape index (κ1) is 8.57. The van der Waals surface area contributed by atoms with E-state index in [1.54, 1.807) is 0 Å². The van der Waals surface area contributed by atoms with Gasteiger partial charge in [0.15, 0.2) is 0 Å². The Morgan fingerprint density at radius 1 is 1.45 bits per heavy atom. The average Bonchev–Trinajstić information content (AvgIpc) is 1.87. The highest BCUT2D eigenvalue weighted by molar-refractivity contribution is 5.77. The van der Waals surface area contributed by atoms with E-state index in [0.29, 0.717) is 6.61 Å². The third kappa shape index (κ3) is 1.39. The summed E-state index contributed by atoms with van der Waals surface area (Å²) >= 11 is 0. The molecule has 0 aliphatic heterocycles. The van der Waals surface area contributed by atoms with E-state index in [1.807, 2.05) is 6.92 Å². The summed E-state index contributed by atoms with van der Waals surface area (Å²) in [4.78, 5) is 11.4. The minimum atomic E-state index is -0.0873. The Labute approximate surface area is 67.9 Å². The van der Waals surface area contributed by atoms with Crippen LogP contribution < -0.4 is 0 Å². The van der Waals surface area contributed by atoms with Gasteiger partial charge in [0.2, 0.25) is 0 Å². The lowest BCUT2D eigenvalue weighted by atomic mass is 9.67. The van der Waals surface area contributed by atoms with Crippen LogP contribution in [0.5, 0.6) is 0 Å². The summed E-state index contributed by atoms with van der Waals surface area (Å²) in [5.41, 5.74) is -0.0873. The highest BCUT2D eigenvalue weighted by Crippen LogP contribution is 2.44. The van der Waals surface area contributed by atoms with Crippen molar-refractivity contribution in [2.24, 2.45) is 5.41 Å². The smallest absolute Gasteiger partial charge is 0.312 e. The van der Waals surface area contributed by atoms with Crippen molar-refractivity contribution in [1.82, 2.24) is 0 Å². The molecule has 0 heterocycles. The maximum atomic E-state index is 11.4. The minimum Gasteiger partial charge on any atom is -0.466 e. The van der Waals surface area contributed by atoms with Gasteiger partial charge in [-0.15, -0.1) is 0 Å². The highest BCUT2D eigenvalue weighted by Gasteiger charge is 2.43. The number of hydrogen-bond acceptors (Lipinski definition) is 2. The van der Waals surface area contributed by atoms with Gasteiger partial charge in [-0.2, -0.15) is 0 Å². The second kappa shape index (κ2) is 3.24. The molecule has 64 valence electrons. The van der Waals surface area contributed by atoms with Crippen LogP contribution >= 0.6 is 0 Å². The molecule has 0 aromatic carbocycles. The van der Waals surface area contributed by atoms with Crippen molar-refractivity contribution in [1.29, 1.82) is 0 Å². The van der Waals surface area contributed by atoms with Crippen LogP contribution in [0.3, 0.4) is 0 Å². The number of carbonyl (C=O) groups excluding carboxylic acids is 1. The Morgan fingerprint density at radius 2 is 2.09 bits per heavy atom. The molecule has 0 N–H and O–H groups in total. The first-order chi connectivity index (χ1) is 5.25. The normalized spacial score (nSPS) is 20.5. The molecule has 0 atom stereocenters. The van der Waals surface area contributed by atoms with Gasteiger partial charge in [0.25, 0.3) is 0 Å². The van der Waals surface area contributed by atoms with Gasteiger partial charge >= 0.3 is 5.97 Å². The van der Waals surface area contributed by atoms with Gasteiger partial charge in [0.05, 0.1) is 12.0 Å². The summed E-state index contributed by atoms with van der Waals surface area (Å²) < 4.78 is 5.00. The summed E-state index contributed by atoms with van der Waals surface area (Å²) in [5, 5.41) is 0. The minimum absolute atomic E-state index is 0.0220. The van der Waals surface area contributed by atoms with Gasteiger partial charge in [0.1, 0.15) is 0 Å². The largest absolute Gasteiger partial charge is 0.466 e. The van der Waals surface area contributed by atoms with E-state index in [0.717, 1.165) is 19.3 Å². The zero-order valence-corrected chi connectivity index (χ0v) is 7.35. The maximum absolute atomic E-state index is 11.4. The fraction of sp³-hybridized carbons (Fsp3) is 0.889. The van der Waals surface area contributed by atoms with Crippen molar-refractivity contribution < 1.29 is 9.53 Å². The van der Waals surface area contributed by atoms with E-state index < -0.39 is 0 Å². The van der Waals surface area contributed by atoms with Gasteiger partial charge in [-0.3, -0.25) is 4.79 Å². The average molecular weight is 156 g/mol. The topological polar surface area (TPSA) is 26.3 Å². The molecule has 1 aliphatic carbocycles.